The molecule has 0 spiro atoms. The molecule has 0 unspecified atom stereocenters. The van der Waals surface area contributed by atoms with Gasteiger partial charge in [0, 0.05) is 9.68 Å². The highest BCUT2D eigenvalue weighted by atomic mass is 35.5. The van der Waals surface area contributed by atoms with Gasteiger partial charge in [-0.2, -0.15) is 0 Å². The van der Waals surface area contributed by atoms with Crippen LogP contribution in [0.15, 0.2) is 69.1 Å². The molecule has 0 amide bonds. The van der Waals surface area contributed by atoms with E-state index in [1.54, 1.807) is 0 Å². The third-order valence-electron chi connectivity index (χ3n) is 4.49. The first-order chi connectivity index (χ1) is 15.8. The summed E-state index contributed by atoms with van der Waals surface area (Å²) in [4.78, 5) is 27.1. The molecule has 4 rings (SSSR count). The normalized spacial score (nSPS) is 13.4. The van der Waals surface area contributed by atoms with E-state index >= 15 is 0 Å². The number of hydrogen-bond acceptors (Lipinski definition) is 4. The van der Waals surface area contributed by atoms with E-state index in [1.807, 2.05) is 0 Å². The van der Waals surface area contributed by atoms with E-state index in [-0.39, 0.29) is 21.7 Å². The number of rotatable bonds is 4. The van der Waals surface area contributed by atoms with Crippen LogP contribution in [0.3, 0.4) is 0 Å². The van der Waals surface area contributed by atoms with Crippen molar-refractivity contribution in [3.8, 4) is 11.1 Å². The average molecular weight is 463 g/mol. The van der Waals surface area contributed by atoms with Gasteiger partial charge in [-0.05, 0) is 54.4 Å². The second-order valence-electron chi connectivity index (χ2n) is 6.61. The molecule has 0 saturated heterocycles. The van der Waals surface area contributed by atoms with Crippen molar-refractivity contribution in [2.45, 2.75) is 11.7 Å². The number of hydrogen-bond donors (Lipinski definition) is 3. The molecule has 0 bridgehead atoms. The van der Waals surface area contributed by atoms with Gasteiger partial charge in [0.1, 0.15) is 5.82 Å². The maximum absolute atomic E-state index is 13.2. The number of aryl methyl sites for hydroxylation is 1. The van der Waals surface area contributed by atoms with Crippen LogP contribution >= 0.6 is 11.6 Å². The topological polar surface area (TPSA) is 112 Å². The first-order valence-corrected chi connectivity index (χ1v) is 10.6. The molecule has 0 saturated carbocycles. The highest BCUT2D eigenvalue weighted by molar-refractivity contribution is 7.92. The number of halogens is 2. The molecule has 1 heterocycles. The van der Waals surface area contributed by atoms with Crippen molar-refractivity contribution in [1.82, 2.24) is 9.97 Å². The Morgan fingerprint density at radius 2 is 1.61 bits per heavy atom. The predicted octanol–water partition coefficient (Wildman–Crippen LogP) is 3.79. The van der Waals surface area contributed by atoms with E-state index in [2.05, 4.69) is 14.7 Å². The molecule has 0 aliphatic rings. The van der Waals surface area contributed by atoms with E-state index in [0.717, 1.165) is 12.1 Å². The van der Waals surface area contributed by atoms with Crippen LogP contribution in [0.4, 0.5) is 10.1 Å². The highest BCUT2D eigenvalue weighted by Gasteiger charge is 2.19. The van der Waals surface area contributed by atoms with Crippen LogP contribution in [0.25, 0.3) is 22.2 Å². The molecule has 10 heteroatoms. The van der Waals surface area contributed by atoms with E-state index in [1.165, 1.54) is 42.5 Å². The summed E-state index contributed by atoms with van der Waals surface area (Å²) in [6.07, 6.45) is 0. The Balaban J connectivity index is 1.78. The monoisotopic (exact) mass is 462 g/mol. The molecule has 31 heavy (non-hydrogen) atoms. The number of aromatic amines is 2. The average Bonchev–Trinajstić information content (AvgIpc) is 2.74. The first kappa shape index (κ1) is 17.3. The van der Waals surface area contributed by atoms with Gasteiger partial charge in [0.15, 0.2) is 0 Å². The highest BCUT2D eigenvalue weighted by Crippen LogP contribution is 2.31. The lowest BCUT2D eigenvalue weighted by Gasteiger charge is -2.13. The summed E-state index contributed by atoms with van der Waals surface area (Å²) in [7, 11) is -4.47. The summed E-state index contributed by atoms with van der Waals surface area (Å²) in [6, 6.07) is 11.8. The molecule has 0 aliphatic heterocycles. The second kappa shape index (κ2) is 7.68. The minimum Gasteiger partial charge on any atom is -0.316 e. The van der Waals surface area contributed by atoms with Crippen LogP contribution in [0.2, 0.25) is 5.02 Å². The second-order valence-corrected chi connectivity index (χ2v) is 8.67. The number of nitrogens with one attached hydrogen (secondary N) is 3. The quantitative estimate of drug-likeness (QED) is 0.400. The van der Waals surface area contributed by atoms with Gasteiger partial charge in [-0.25, -0.2) is 12.8 Å². The van der Waals surface area contributed by atoms with Gasteiger partial charge in [0.25, 0.3) is 10.0 Å². The summed E-state index contributed by atoms with van der Waals surface area (Å²) in [6.45, 7) is -2.85. The number of benzene rings is 3. The Bertz CT molecular complexity index is 1650. The summed E-state index contributed by atoms with van der Waals surface area (Å²) in [5, 5.41) is 0.170. The molecule has 7 nitrogen and oxygen atoms in total. The third kappa shape index (κ3) is 4.10. The van der Waals surface area contributed by atoms with Gasteiger partial charge in [0.05, 0.1) is 26.6 Å². The fraction of sp³-hybridized carbons (Fsp3) is 0.0476. The third-order valence-corrected chi connectivity index (χ3v) is 6.22. The van der Waals surface area contributed by atoms with Crippen LogP contribution in [-0.4, -0.2) is 18.4 Å². The fourth-order valence-corrected chi connectivity index (χ4v) is 4.48. The van der Waals surface area contributed by atoms with Gasteiger partial charge in [0.2, 0.25) is 0 Å². The van der Waals surface area contributed by atoms with Crippen molar-refractivity contribution in [3.05, 3.63) is 91.7 Å². The number of anilines is 1. The lowest BCUT2D eigenvalue weighted by atomic mass is 10.1. The van der Waals surface area contributed by atoms with Crippen molar-refractivity contribution in [2.75, 3.05) is 4.72 Å². The molecule has 1 aromatic heterocycles. The lowest BCUT2D eigenvalue weighted by Crippen LogP contribution is -2.29. The summed E-state index contributed by atoms with van der Waals surface area (Å²) < 4.78 is 65.0. The van der Waals surface area contributed by atoms with Crippen LogP contribution < -0.4 is 15.8 Å². The zero-order valence-corrected chi connectivity index (χ0v) is 17.1. The van der Waals surface area contributed by atoms with Gasteiger partial charge >= 0.3 is 11.1 Å². The number of fused-ring (bicyclic) bond motifs is 1. The molecule has 0 aliphatic carbocycles. The van der Waals surface area contributed by atoms with Gasteiger partial charge in [-0.1, -0.05) is 29.8 Å². The maximum atomic E-state index is 13.2. The maximum Gasteiger partial charge on any atom is 0.314 e. The lowest BCUT2D eigenvalue weighted by molar-refractivity contribution is 0.600. The molecule has 0 atom stereocenters. The SMILES string of the molecule is [2H]C([2H])([2H])c1cc2[nH]c(=O)c(=O)[nH]c2cc1S(=O)(=O)Nc1ccc(-c2ccc(F)cc2)c(Cl)c1. The molecule has 3 aromatic carbocycles. The summed E-state index contributed by atoms with van der Waals surface area (Å²) in [5.41, 5.74) is -1.50. The molecule has 4 aromatic rings. The smallest absolute Gasteiger partial charge is 0.314 e. The Hall–Kier alpha value is -3.43. The standard InChI is InChI=1S/C21H15ClFN3O4S/c1-11-8-17-18(25-21(28)20(27)24-17)10-19(11)31(29,30)26-14-6-7-15(16(22)9-14)12-2-4-13(23)5-3-12/h2-10,26H,1H3,(H,24,27)(H,25,28)/i1D3. The van der Waals surface area contributed by atoms with Gasteiger partial charge in [-0.15, -0.1) is 0 Å². The Morgan fingerprint density at radius 3 is 2.23 bits per heavy atom. The van der Waals surface area contributed by atoms with E-state index < -0.39 is 44.3 Å². The van der Waals surface area contributed by atoms with E-state index in [4.69, 9.17) is 15.7 Å². The van der Waals surface area contributed by atoms with Crippen LogP contribution in [0.1, 0.15) is 9.68 Å². The van der Waals surface area contributed by atoms with Crippen molar-refractivity contribution in [1.29, 1.82) is 0 Å². The van der Waals surface area contributed by atoms with Crippen molar-refractivity contribution >= 4 is 38.3 Å². The van der Waals surface area contributed by atoms with Crippen LogP contribution in [-0.2, 0) is 10.0 Å². The zero-order chi connectivity index (χ0) is 24.8. The van der Waals surface area contributed by atoms with E-state index in [9.17, 15) is 22.4 Å². The number of sulfonamides is 1. The van der Waals surface area contributed by atoms with Gasteiger partial charge in [-0.3, -0.25) is 14.3 Å². The van der Waals surface area contributed by atoms with Crippen LogP contribution in [0.5, 0.6) is 0 Å². The van der Waals surface area contributed by atoms with Crippen molar-refractivity contribution < 1.29 is 16.9 Å². The zero-order valence-electron chi connectivity index (χ0n) is 18.5. The van der Waals surface area contributed by atoms with Crippen LogP contribution in [0, 0.1) is 12.7 Å². The molecular weight excluding hydrogens is 445 g/mol. The number of H-pyrrole nitrogens is 2. The minimum atomic E-state index is -4.47. The first-order valence-electron chi connectivity index (χ1n) is 10.2. The molecule has 158 valence electrons. The Morgan fingerprint density at radius 1 is 0.968 bits per heavy atom. The van der Waals surface area contributed by atoms with Gasteiger partial charge < -0.3 is 9.97 Å². The van der Waals surface area contributed by atoms with Crippen molar-refractivity contribution in [2.24, 2.45) is 0 Å². The molecule has 0 fully saturated rings. The number of aromatic nitrogens is 2. The van der Waals surface area contributed by atoms with E-state index in [0.29, 0.717) is 11.1 Å². The molecule has 3 N–H and O–H groups in total. The predicted molar refractivity (Wildman–Crippen MR) is 118 cm³/mol. The Labute approximate surface area is 184 Å². The fourth-order valence-electron chi connectivity index (χ4n) is 3.02. The molecular formula is C21H15ClFN3O4S. The largest absolute Gasteiger partial charge is 0.316 e. The molecule has 0 radical (unpaired) electrons. The minimum absolute atomic E-state index is 0.0404. The Kier molecular flexibility index (Phi) is 4.28. The summed E-state index contributed by atoms with van der Waals surface area (Å²) in [5.74, 6) is -0.421. The summed E-state index contributed by atoms with van der Waals surface area (Å²) >= 11 is 6.30. The van der Waals surface area contributed by atoms with Crippen molar-refractivity contribution in [3.63, 3.8) is 0 Å².